The van der Waals surface area contributed by atoms with Gasteiger partial charge in [0.25, 0.3) is 0 Å². The predicted octanol–water partition coefficient (Wildman–Crippen LogP) is 1.62. The molecule has 96 valence electrons. The SMILES string of the molecule is NCCc1nnc(NCCCc2ccccc2)o1. The van der Waals surface area contributed by atoms with Crippen LogP contribution in [0.3, 0.4) is 0 Å². The topological polar surface area (TPSA) is 77.0 Å². The molecule has 0 aliphatic rings. The molecule has 3 N–H and O–H groups in total. The lowest BCUT2D eigenvalue weighted by Gasteiger charge is -2.01. The number of nitrogens with zero attached hydrogens (tertiary/aromatic N) is 2. The van der Waals surface area contributed by atoms with Crippen molar-refractivity contribution in [1.29, 1.82) is 0 Å². The van der Waals surface area contributed by atoms with Gasteiger partial charge in [-0.1, -0.05) is 35.4 Å². The molecular weight excluding hydrogens is 228 g/mol. The van der Waals surface area contributed by atoms with Crippen LogP contribution in [0.15, 0.2) is 34.7 Å². The summed E-state index contributed by atoms with van der Waals surface area (Å²) in [5.41, 5.74) is 6.75. The summed E-state index contributed by atoms with van der Waals surface area (Å²) in [7, 11) is 0. The largest absolute Gasteiger partial charge is 0.408 e. The maximum atomic E-state index is 5.41. The average Bonchev–Trinajstić information content (AvgIpc) is 2.84. The van der Waals surface area contributed by atoms with Gasteiger partial charge in [-0.2, -0.15) is 0 Å². The molecule has 0 bridgehead atoms. The lowest BCUT2D eigenvalue weighted by atomic mass is 10.1. The molecule has 0 atom stereocenters. The summed E-state index contributed by atoms with van der Waals surface area (Å²) in [6, 6.07) is 10.9. The Morgan fingerprint density at radius 3 is 2.72 bits per heavy atom. The number of aromatic nitrogens is 2. The number of anilines is 1. The van der Waals surface area contributed by atoms with Crippen molar-refractivity contribution in [3.63, 3.8) is 0 Å². The molecule has 0 aliphatic carbocycles. The van der Waals surface area contributed by atoms with Crippen LogP contribution in [0, 0.1) is 0 Å². The summed E-state index contributed by atoms with van der Waals surface area (Å²) in [6.07, 6.45) is 2.69. The second-order valence-corrected chi connectivity index (χ2v) is 4.06. The molecule has 1 aromatic heterocycles. The molecule has 0 fully saturated rings. The van der Waals surface area contributed by atoms with E-state index in [-0.39, 0.29) is 0 Å². The van der Waals surface area contributed by atoms with Crippen molar-refractivity contribution in [2.75, 3.05) is 18.4 Å². The third kappa shape index (κ3) is 3.85. The number of rotatable bonds is 7. The van der Waals surface area contributed by atoms with Gasteiger partial charge in [0.15, 0.2) is 0 Å². The highest BCUT2D eigenvalue weighted by molar-refractivity contribution is 5.18. The van der Waals surface area contributed by atoms with Crippen LogP contribution in [0.1, 0.15) is 17.9 Å². The van der Waals surface area contributed by atoms with E-state index in [2.05, 4.69) is 39.8 Å². The van der Waals surface area contributed by atoms with Crippen LogP contribution in [0.5, 0.6) is 0 Å². The quantitative estimate of drug-likeness (QED) is 0.726. The maximum absolute atomic E-state index is 5.41. The van der Waals surface area contributed by atoms with Crippen LogP contribution in [0.2, 0.25) is 0 Å². The van der Waals surface area contributed by atoms with E-state index >= 15 is 0 Å². The molecule has 2 aromatic rings. The Morgan fingerprint density at radius 1 is 1.11 bits per heavy atom. The Balaban J connectivity index is 1.68. The number of hydrogen-bond acceptors (Lipinski definition) is 5. The number of hydrogen-bond donors (Lipinski definition) is 2. The van der Waals surface area contributed by atoms with E-state index in [9.17, 15) is 0 Å². The summed E-state index contributed by atoms with van der Waals surface area (Å²) in [5.74, 6) is 0.586. The van der Waals surface area contributed by atoms with Gasteiger partial charge in [0, 0.05) is 19.5 Å². The Bertz CT molecular complexity index is 455. The molecule has 18 heavy (non-hydrogen) atoms. The summed E-state index contributed by atoms with van der Waals surface area (Å²) < 4.78 is 5.36. The maximum Gasteiger partial charge on any atom is 0.315 e. The number of aryl methyl sites for hydroxylation is 1. The zero-order chi connectivity index (χ0) is 12.6. The lowest BCUT2D eigenvalue weighted by Crippen LogP contribution is -2.03. The summed E-state index contributed by atoms with van der Waals surface area (Å²) in [5, 5.41) is 10.9. The van der Waals surface area contributed by atoms with Crippen molar-refractivity contribution < 1.29 is 4.42 Å². The Kier molecular flexibility index (Phi) is 4.72. The molecule has 5 heteroatoms. The van der Waals surface area contributed by atoms with Gasteiger partial charge in [-0.3, -0.25) is 0 Å². The van der Waals surface area contributed by atoms with Crippen LogP contribution in [-0.4, -0.2) is 23.3 Å². The second-order valence-electron chi connectivity index (χ2n) is 4.06. The van der Waals surface area contributed by atoms with Crippen LogP contribution in [0.4, 0.5) is 6.01 Å². The molecule has 0 radical (unpaired) electrons. The van der Waals surface area contributed by atoms with E-state index in [1.54, 1.807) is 0 Å². The molecule has 1 heterocycles. The standard InChI is InChI=1S/C13H18N4O/c14-9-8-12-16-17-13(18-12)15-10-4-7-11-5-2-1-3-6-11/h1-3,5-6H,4,7-10,14H2,(H,15,17). The fourth-order valence-electron chi connectivity index (χ4n) is 1.68. The molecule has 1 aromatic carbocycles. The average molecular weight is 246 g/mol. The third-order valence-electron chi connectivity index (χ3n) is 2.59. The van der Waals surface area contributed by atoms with Gasteiger partial charge in [-0.15, -0.1) is 5.10 Å². The highest BCUT2D eigenvalue weighted by Gasteiger charge is 2.03. The summed E-state index contributed by atoms with van der Waals surface area (Å²) in [6.45, 7) is 1.34. The minimum absolute atomic E-state index is 0.478. The number of nitrogens with one attached hydrogen (secondary N) is 1. The Morgan fingerprint density at radius 2 is 1.94 bits per heavy atom. The first-order chi connectivity index (χ1) is 8.88. The second kappa shape index (κ2) is 6.76. The van der Waals surface area contributed by atoms with Crippen LogP contribution >= 0.6 is 0 Å². The van der Waals surface area contributed by atoms with Crippen molar-refractivity contribution in [2.24, 2.45) is 5.73 Å². The molecule has 2 rings (SSSR count). The van der Waals surface area contributed by atoms with Crippen LogP contribution in [0.25, 0.3) is 0 Å². The summed E-state index contributed by atoms with van der Waals surface area (Å²) in [4.78, 5) is 0. The zero-order valence-electron chi connectivity index (χ0n) is 10.3. The predicted molar refractivity (Wildman–Crippen MR) is 70.3 cm³/mol. The molecule has 0 saturated carbocycles. The monoisotopic (exact) mass is 246 g/mol. The zero-order valence-corrected chi connectivity index (χ0v) is 10.3. The molecule has 0 unspecified atom stereocenters. The molecule has 0 saturated heterocycles. The van der Waals surface area contributed by atoms with Crippen molar-refractivity contribution in [1.82, 2.24) is 10.2 Å². The van der Waals surface area contributed by atoms with Gasteiger partial charge >= 0.3 is 6.01 Å². The first-order valence-electron chi connectivity index (χ1n) is 6.19. The first kappa shape index (κ1) is 12.6. The van der Waals surface area contributed by atoms with Gasteiger partial charge in [0.2, 0.25) is 5.89 Å². The van der Waals surface area contributed by atoms with E-state index in [0.717, 1.165) is 19.4 Å². The van der Waals surface area contributed by atoms with E-state index in [0.29, 0.717) is 24.9 Å². The highest BCUT2D eigenvalue weighted by Crippen LogP contribution is 2.07. The molecule has 0 amide bonds. The summed E-state index contributed by atoms with van der Waals surface area (Å²) >= 11 is 0. The van der Waals surface area contributed by atoms with E-state index in [4.69, 9.17) is 10.2 Å². The fourth-order valence-corrected chi connectivity index (χ4v) is 1.68. The number of nitrogens with two attached hydrogens (primary N) is 1. The lowest BCUT2D eigenvalue weighted by molar-refractivity contribution is 0.505. The van der Waals surface area contributed by atoms with Crippen LogP contribution in [-0.2, 0) is 12.8 Å². The van der Waals surface area contributed by atoms with Crippen molar-refractivity contribution >= 4 is 6.01 Å². The van der Waals surface area contributed by atoms with Gasteiger partial charge in [-0.25, -0.2) is 0 Å². The van der Waals surface area contributed by atoms with Gasteiger partial charge in [0.1, 0.15) is 0 Å². The normalized spacial score (nSPS) is 10.5. The van der Waals surface area contributed by atoms with Crippen molar-refractivity contribution in [3.05, 3.63) is 41.8 Å². The minimum Gasteiger partial charge on any atom is -0.408 e. The van der Waals surface area contributed by atoms with Crippen LogP contribution < -0.4 is 11.1 Å². The van der Waals surface area contributed by atoms with E-state index in [1.165, 1.54) is 5.56 Å². The van der Waals surface area contributed by atoms with Gasteiger partial charge in [0.05, 0.1) is 0 Å². The fraction of sp³-hybridized carbons (Fsp3) is 0.385. The first-order valence-corrected chi connectivity index (χ1v) is 6.19. The number of benzene rings is 1. The minimum atomic E-state index is 0.478. The smallest absolute Gasteiger partial charge is 0.315 e. The highest BCUT2D eigenvalue weighted by atomic mass is 16.4. The third-order valence-corrected chi connectivity index (χ3v) is 2.59. The van der Waals surface area contributed by atoms with E-state index in [1.807, 2.05) is 6.07 Å². The molecular formula is C13H18N4O. The van der Waals surface area contributed by atoms with Crippen molar-refractivity contribution in [2.45, 2.75) is 19.3 Å². The van der Waals surface area contributed by atoms with Gasteiger partial charge < -0.3 is 15.5 Å². The van der Waals surface area contributed by atoms with Crippen molar-refractivity contribution in [3.8, 4) is 0 Å². The Labute approximate surface area is 106 Å². The van der Waals surface area contributed by atoms with E-state index < -0.39 is 0 Å². The van der Waals surface area contributed by atoms with Gasteiger partial charge in [-0.05, 0) is 18.4 Å². The molecule has 5 nitrogen and oxygen atoms in total. The molecule has 0 spiro atoms. The molecule has 0 aliphatic heterocycles. The Hall–Kier alpha value is -1.88.